The first-order chi connectivity index (χ1) is 8.29. The molecular formula is C14H19NO2. The number of carbonyl (C=O) groups is 1. The highest BCUT2D eigenvalue weighted by Gasteiger charge is 2.21. The van der Waals surface area contributed by atoms with E-state index < -0.39 is 0 Å². The van der Waals surface area contributed by atoms with Gasteiger partial charge in [0.25, 0.3) is 0 Å². The second-order valence-electron chi connectivity index (χ2n) is 4.40. The zero-order valence-corrected chi connectivity index (χ0v) is 10.2. The molecule has 3 heteroatoms. The van der Waals surface area contributed by atoms with E-state index in [2.05, 4.69) is 5.32 Å². The summed E-state index contributed by atoms with van der Waals surface area (Å²) >= 11 is 0. The van der Waals surface area contributed by atoms with Crippen molar-refractivity contribution in [3.8, 4) is 5.75 Å². The Hall–Kier alpha value is -1.35. The van der Waals surface area contributed by atoms with Crippen molar-refractivity contribution in [2.75, 3.05) is 19.7 Å². The first-order valence-electron chi connectivity index (χ1n) is 6.24. The number of benzene rings is 1. The third-order valence-electron chi connectivity index (χ3n) is 3.11. The normalized spacial score (nSPS) is 20.3. The van der Waals surface area contributed by atoms with Crippen LogP contribution >= 0.6 is 0 Å². The van der Waals surface area contributed by atoms with Gasteiger partial charge >= 0.3 is 0 Å². The van der Waals surface area contributed by atoms with Gasteiger partial charge < -0.3 is 10.1 Å². The van der Waals surface area contributed by atoms with E-state index in [1.807, 2.05) is 31.2 Å². The predicted molar refractivity (Wildman–Crippen MR) is 67.3 cm³/mol. The van der Waals surface area contributed by atoms with E-state index in [1.54, 1.807) is 0 Å². The summed E-state index contributed by atoms with van der Waals surface area (Å²) in [4.78, 5) is 11.7. The maximum atomic E-state index is 11.7. The summed E-state index contributed by atoms with van der Waals surface area (Å²) in [6.07, 6.45) is 1.50. The lowest BCUT2D eigenvalue weighted by Gasteiger charge is -2.21. The van der Waals surface area contributed by atoms with Crippen molar-refractivity contribution >= 4 is 5.78 Å². The highest BCUT2D eigenvalue weighted by atomic mass is 16.5. The number of piperidine rings is 1. The molecule has 0 radical (unpaired) electrons. The highest BCUT2D eigenvalue weighted by Crippen LogP contribution is 2.17. The van der Waals surface area contributed by atoms with Gasteiger partial charge in [-0.3, -0.25) is 4.79 Å². The number of Topliss-reactive ketones (excluding diaryl/α,β-unsaturated/α-hetero) is 1. The summed E-state index contributed by atoms with van der Waals surface area (Å²) < 4.78 is 5.39. The van der Waals surface area contributed by atoms with Crippen LogP contribution in [-0.2, 0) is 11.2 Å². The average molecular weight is 233 g/mol. The number of hydrogen-bond acceptors (Lipinski definition) is 3. The molecule has 1 atom stereocenters. The van der Waals surface area contributed by atoms with Crippen molar-refractivity contribution in [1.29, 1.82) is 0 Å². The van der Waals surface area contributed by atoms with Crippen LogP contribution < -0.4 is 10.1 Å². The third kappa shape index (κ3) is 3.30. The Morgan fingerprint density at radius 3 is 2.76 bits per heavy atom. The molecule has 1 aliphatic heterocycles. The van der Waals surface area contributed by atoms with Gasteiger partial charge in [-0.1, -0.05) is 12.1 Å². The van der Waals surface area contributed by atoms with Crippen LogP contribution in [0, 0.1) is 5.92 Å². The van der Waals surface area contributed by atoms with Crippen LogP contribution in [0.4, 0.5) is 0 Å². The zero-order chi connectivity index (χ0) is 12.1. The Bertz CT molecular complexity index is 372. The SMILES string of the molecule is CCOc1ccc(CC2CNCCC2=O)cc1. The summed E-state index contributed by atoms with van der Waals surface area (Å²) in [5, 5.41) is 3.27. The van der Waals surface area contributed by atoms with E-state index in [0.717, 1.165) is 25.3 Å². The smallest absolute Gasteiger partial charge is 0.138 e. The van der Waals surface area contributed by atoms with Crippen LogP contribution in [0.2, 0.25) is 0 Å². The van der Waals surface area contributed by atoms with E-state index >= 15 is 0 Å². The van der Waals surface area contributed by atoms with Gasteiger partial charge in [0.2, 0.25) is 0 Å². The topological polar surface area (TPSA) is 38.3 Å². The summed E-state index contributed by atoms with van der Waals surface area (Å²) in [5.74, 6) is 1.42. The second-order valence-corrected chi connectivity index (χ2v) is 4.40. The highest BCUT2D eigenvalue weighted by molar-refractivity contribution is 5.82. The maximum Gasteiger partial charge on any atom is 0.138 e. The lowest BCUT2D eigenvalue weighted by molar-refractivity contribution is -0.123. The van der Waals surface area contributed by atoms with E-state index in [4.69, 9.17) is 4.74 Å². The lowest BCUT2D eigenvalue weighted by Crippen LogP contribution is -2.37. The molecule has 0 saturated carbocycles. The standard InChI is InChI=1S/C14H19NO2/c1-2-17-13-5-3-11(4-6-13)9-12-10-15-8-7-14(12)16/h3-6,12,15H,2,7-10H2,1H3. The van der Waals surface area contributed by atoms with Gasteiger partial charge in [-0.05, 0) is 31.0 Å². The molecule has 1 fully saturated rings. The van der Waals surface area contributed by atoms with Gasteiger partial charge in [0.15, 0.2) is 0 Å². The van der Waals surface area contributed by atoms with Crippen LogP contribution in [0.15, 0.2) is 24.3 Å². The van der Waals surface area contributed by atoms with Gasteiger partial charge in [-0.2, -0.15) is 0 Å². The molecule has 0 aliphatic carbocycles. The first kappa shape index (κ1) is 12.1. The van der Waals surface area contributed by atoms with Gasteiger partial charge in [0, 0.05) is 25.4 Å². The number of hydrogen-bond donors (Lipinski definition) is 1. The fourth-order valence-electron chi connectivity index (χ4n) is 2.16. The third-order valence-corrected chi connectivity index (χ3v) is 3.11. The molecule has 2 rings (SSSR count). The van der Waals surface area contributed by atoms with E-state index in [0.29, 0.717) is 18.8 Å². The van der Waals surface area contributed by atoms with Crippen molar-refractivity contribution in [3.63, 3.8) is 0 Å². The maximum absolute atomic E-state index is 11.7. The molecule has 1 N–H and O–H groups in total. The van der Waals surface area contributed by atoms with Crippen molar-refractivity contribution in [3.05, 3.63) is 29.8 Å². The monoisotopic (exact) mass is 233 g/mol. The van der Waals surface area contributed by atoms with E-state index in [-0.39, 0.29) is 5.92 Å². The summed E-state index contributed by atoms with van der Waals surface area (Å²) in [5.41, 5.74) is 1.20. The molecule has 1 aliphatic rings. The lowest BCUT2D eigenvalue weighted by atomic mass is 9.91. The number of ketones is 1. The summed E-state index contributed by atoms with van der Waals surface area (Å²) in [6.45, 7) is 4.30. The van der Waals surface area contributed by atoms with Crippen LogP contribution in [0.5, 0.6) is 5.75 Å². The molecule has 1 saturated heterocycles. The fourth-order valence-corrected chi connectivity index (χ4v) is 2.16. The molecule has 0 amide bonds. The molecule has 1 aromatic carbocycles. The average Bonchev–Trinajstić information content (AvgIpc) is 2.35. The molecular weight excluding hydrogens is 214 g/mol. The number of rotatable bonds is 4. The van der Waals surface area contributed by atoms with Crippen LogP contribution in [0.1, 0.15) is 18.9 Å². The minimum absolute atomic E-state index is 0.140. The van der Waals surface area contributed by atoms with Gasteiger partial charge in [-0.15, -0.1) is 0 Å². The second kappa shape index (κ2) is 5.82. The molecule has 1 heterocycles. The molecule has 3 nitrogen and oxygen atoms in total. The van der Waals surface area contributed by atoms with Gasteiger partial charge in [0.1, 0.15) is 11.5 Å². The summed E-state index contributed by atoms with van der Waals surface area (Å²) in [6, 6.07) is 8.04. The molecule has 17 heavy (non-hydrogen) atoms. The van der Waals surface area contributed by atoms with Gasteiger partial charge in [-0.25, -0.2) is 0 Å². The molecule has 92 valence electrons. The van der Waals surface area contributed by atoms with Crippen LogP contribution in [-0.4, -0.2) is 25.5 Å². The van der Waals surface area contributed by atoms with Gasteiger partial charge in [0.05, 0.1) is 6.61 Å². The number of nitrogens with one attached hydrogen (secondary N) is 1. The van der Waals surface area contributed by atoms with Crippen molar-refractivity contribution in [2.24, 2.45) is 5.92 Å². The Kier molecular flexibility index (Phi) is 4.15. The Morgan fingerprint density at radius 2 is 2.12 bits per heavy atom. The zero-order valence-electron chi connectivity index (χ0n) is 10.2. The van der Waals surface area contributed by atoms with Crippen molar-refractivity contribution in [2.45, 2.75) is 19.8 Å². The van der Waals surface area contributed by atoms with E-state index in [1.165, 1.54) is 5.56 Å². The van der Waals surface area contributed by atoms with E-state index in [9.17, 15) is 4.79 Å². The molecule has 0 bridgehead atoms. The first-order valence-corrected chi connectivity index (χ1v) is 6.24. The molecule has 1 unspecified atom stereocenters. The minimum atomic E-state index is 0.140. The molecule has 1 aromatic rings. The fraction of sp³-hybridized carbons (Fsp3) is 0.500. The molecule has 0 spiro atoms. The Morgan fingerprint density at radius 1 is 1.35 bits per heavy atom. The molecule has 0 aromatic heterocycles. The quantitative estimate of drug-likeness (QED) is 0.862. The minimum Gasteiger partial charge on any atom is -0.494 e. The van der Waals surface area contributed by atoms with Crippen molar-refractivity contribution < 1.29 is 9.53 Å². The largest absolute Gasteiger partial charge is 0.494 e. The Labute approximate surface area is 102 Å². The summed E-state index contributed by atoms with van der Waals surface area (Å²) in [7, 11) is 0. The predicted octanol–water partition coefficient (Wildman–Crippen LogP) is 1.81. The van der Waals surface area contributed by atoms with Crippen LogP contribution in [0.25, 0.3) is 0 Å². The van der Waals surface area contributed by atoms with Crippen LogP contribution in [0.3, 0.4) is 0 Å². The van der Waals surface area contributed by atoms with Crippen molar-refractivity contribution in [1.82, 2.24) is 5.32 Å². The Balaban J connectivity index is 1.95. The number of carbonyl (C=O) groups excluding carboxylic acids is 1. The number of ether oxygens (including phenoxy) is 1.